The first-order chi connectivity index (χ1) is 11.9. The number of anilines is 1. The lowest BCUT2D eigenvalue weighted by molar-refractivity contribution is 0.0946. The fourth-order valence-corrected chi connectivity index (χ4v) is 2.83. The first-order valence-corrected chi connectivity index (χ1v) is 9.59. The Morgan fingerprint density at radius 2 is 1.88 bits per heavy atom. The Labute approximate surface area is 146 Å². The highest BCUT2D eigenvalue weighted by Crippen LogP contribution is 2.19. The van der Waals surface area contributed by atoms with Gasteiger partial charge in [-0.15, -0.1) is 0 Å². The number of nitrogens with two attached hydrogens (primary N) is 1. The van der Waals surface area contributed by atoms with E-state index in [0.29, 0.717) is 18.3 Å². The third kappa shape index (κ3) is 5.01. The molecule has 7 nitrogen and oxygen atoms in total. The lowest BCUT2D eigenvalue weighted by Gasteiger charge is -2.08. The van der Waals surface area contributed by atoms with Gasteiger partial charge in [0.15, 0.2) is 0 Å². The van der Waals surface area contributed by atoms with Crippen LogP contribution in [0.25, 0.3) is 0 Å². The number of aromatic nitrogens is 1. The zero-order valence-corrected chi connectivity index (χ0v) is 14.4. The molecule has 1 fully saturated rings. The number of sulfonamides is 1. The predicted molar refractivity (Wildman–Crippen MR) is 94.7 cm³/mol. The topological polar surface area (TPSA) is 114 Å². The molecule has 0 aliphatic heterocycles. The smallest absolute Gasteiger partial charge is 0.270 e. The van der Waals surface area contributed by atoms with Crippen LogP contribution < -0.4 is 15.8 Å². The second-order valence-electron chi connectivity index (χ2n) is 6.05. The monoisotopic (exact) mass is 360 g/mol. The van der Waals surface area contributed by atoms with Gasteiger partial charge in [0.2, 0.25) is 10.0 Å². The standard InChI is InChI=1S/C17H20N4O3S/c18-25(23,24)15-6-1-12(2-7-15)9-10-19-14-5-8-16(20-11-14)17(22)21-13-3-4-13/h1-2,5-8,11,13,19H,3-4,9-10H2,(H,21,22)(H2,18,23,24). The lowest BCUT2D eigenvalue weighted by atomic mass is 10.1. The van der Waals surface area contributed by atoms with Gasteiger partial charge in [-0.1, -0.05) is 12.1 Å². The molecule has 0 radical (unpaired) electrons. The second-order valence-corrected chi connectivity index (χ2v) is 7.61. The molecule has 0 atom stereocenters. The minimum Gasteiger partial charge on any atom is -0.383 e. The minimum atomic E-state index is -3.65. The molecule has 0 bridgehead atoms. The minimum absolute atomic E-state index is 0.105. The van der Waals surface area contributed by atoms with Gasteiger partial charge in [-0.05, 0) is 49.1 Å². The van der Waals surface area contributed by atoms with Gasteiger partial charge in [0, 0.05) is 12.6 Å². The molecule has 25 heavy (non-hydrogen) atoms. The number of rotatable bonds is 7. The van der Waals surface area contributed by atoms with Gasteiger partial charge in [-0.2, -0.15) is 0 Å². The van der Waals surface area contributed by atoms with Crippen LogP contribution in [0, 0.1) is 0 Å². The summed E-state index contributed by atoms with van der Waals surface area (Å²) in [4.78, 5) is 16.1. The quantitative estimate of drug-likeness (QED) is 0.688. The summed E-state index contributed by atoms with van der Waals surface area (Å²) in [6, 6.07) is 10.3. The second kappa shape index (κ2) is 7.20. The Balaban J connectivity index is 1.49. The molecule has 0 spiro atoms. The molecular weight excluding hydrogens is 340 g/mol. The van der Waals surface area contributed by atoms with Crippen molar-refractivity contribution in [2.45, 2.75) is 30.2 Å². The first kappa shape index (κ1) is 17.4. The molecule has 1 aliphatic carbocycles. The van der Waals surface area contributed by atoms with E-state index in [0.717, 1.165) is 30.5 Å². The largest absolute Gasteiger partial charge is 0.383 e. The number of carbonyl (C=O) groups excluding carboxylic acids is 1. The zero-order chi connectivity index (χ0) is 17.9. The summed E-state index contributed by atoms with van der Waals surface area (Å²) in [6.07, 6.45) is 4.44. The Kier molecular flexibility index (Phi) is 5.00. The summed E-state index contributed by atoms with van der Waals surface area (Å²) in [7, 11) is -3.65. The Morgan fingerprint density at radius 1 is 1.16 bits per heavy atom. The normalized spacial score (nSPS) is 14.1. The molecule has 1 saturated carbocycles. The Morgan fingerprint density at radius 3 is 2.44 bits per heavy atom. The van der Waals surface area contributed by atoms with Crippen molar-refractivity contribution >= 4 is 21.6 Å². The Hall–Kier alpha value is -2.45. The highest BCUT2D eigenvalue weighted by molar-refractivity contribution is 7.89. The molecule has 1 amide bonds. The van der Waals surface area contributed by atoms with Gasteiger partial charge >= 0.3 is 0 Å². The van der Waals surface area contributed by atoms with Crippen molar-refractivity contribution in [1.29, 1.82) is 0 Å². The number of carbonyl (C=O) groups is 1. The van der Waals surface area contributed by atoms with Gasteiger partial charge in [-0.25, -0.2) is 18.5 Å². The van der Waals surface area contributed by atoms with Crippen LogP contribution in [0.1, 0.15) is 28.9 Å². The fourth-order valence-electron chi connectivity index (χ4n) is 2.32. The Bertz CT molecular complexity index is 844. The van der Waals surface area contributed by atoms with Crippen molar-refractivity contribution in [2.75, 3.05) is 11.9 Å². The fraction of sp³-hybridized carbons (Fsp3) is 0.294. The summed E-state index contributed by atoms with van der Waals surface area (Å²) in [5.41, 5.74) is 2.23. The van der Waals surface area contributed by atoms with Gasteiger partial charge in [0.1, 0.15) is 5.69 Å². The van der Waals surface area contributed by atoms with E-state index < -0.39 is 10.0 Å². The van der Waals surface area contributed by atoms with Crippen LogP contribution >= 0.6 is 0 Å². The summed E-state index contributed by atoms with van der Waals surface area (Å²) in [5, 5.41) is 11.2. The lowest BCUT2D eigenvalue weighted by Crippen LogP contribution is -2.26. The number of primary sulfonamides is 1. The number of hydrogen-bond donors (Lipinski definition) is 3. The highest BCUT2D eigenvalue weighted by atomic mass is 32.2. The molecule has 2 aromatic rings. The average molecular weight is 360 g/mol. The molecule has 3 rings (SSSR count). The van der Waals surface area contributed by atoms with E-state index in [9.17, 15) is 13.2 Å². The molecule has 0 saturated heterocycles. The van der Waals surface area contributed by atoms with E-state index in [1.54, 1.807) is 24.4 Å². The molecule has 8 heteroatoms. The maximum Gasteiger partial charge on any atom is 0.270 e. The van der Waals surface area contributed by atoms with Crippen molar-refractivity contribution in [3.05, 3.63) is 53.9 Å². The van der Waals surface area contributed by atoms with Gasteiger partial charge in [0.05, 0.1) is 16.8 Å². The van der Waals surface area contributed by atoms with E-state index in [4.69, 9.17) is 5.14 Å². The van der Waals surface area contributed by atoms with E-state index in [-0.39, 0.29) is 10.8 Å². The third-order valence-corrected chi connectivity index (χ3v) is 4.83. The van der Waals surface area contributed by atoms with Crippen molar-refractivity contribution in [3.8, 4) is 0 Å². The molecule has 1 aliphatic rings. The van der Waals surface area contributed by atoms with Crippen LogP contribution in [0.15, 0.2) is 47.5 Å². The van der Waals surface area contributed by atoms with E-state index in [2.05, 4.69) is 15.6 Å². The van der Waals surface area contributed by atoms with Crippen molar-refractivity contribution in [3.63, 3.8) is 0 Å². The molecule has 0 unspecified atom stereocenters. The van der Waals surface area contributed by atoms with Crippen LogP contribution in [-0.4, -0.2) is 31.9 Å². The van der Waals surface area contributed by atoms with Crippen LogP contribution in [0.2, 0.25) is 0 Å². The van der Waals surface area contributed by atoms with Crippen LogP contribution in [0.4, 0.5) is 5.69 Å². The zero-order valence-electron chi connectivity index (χ0n) is 13.6. The molecule has 1 heterocycles. The number of hydrogen-bond acceptors (Lipinski definition) is 5. The first-order valence-electron chi connectivity index (χ1n) is 8.04. The SMILES string of the molecule is NS(=O)(=O)c1ccc(CCNc2ccc(C(=O)NC3CC3)nc2)cc1. The summed E-state index contributed by atoms with van der Waals surface area (Å²) >= 11 is 0. The van der Waals surface area contributed by atoms with Crippen LogP contribution in [-0.2, 0) is 16.4 Å². The highest BCUT2D eigenvalue weighted by Gasteiger charge is 2.24. The van der Waals surface area contributed by atoms with E-state index in [1.807, 2.05) is 6.07 Å². The molecule has 4 N–H and O–H groups in total. The maximum atomic E-state index is 11.9. The molecule has 132 valence electrons. The van der Waals surface area contributed by atoms with Gasteiger partial charge in [0.25, 0.3) is 5.91 Å². The number of nitrogens with zero attached hydrogens (tertiary/aromatic N) is 1. The maximum absolute atomic E-state index is 11.9. The molecule has 1 aromatic carbocycles. The summed E-state index contributed by atoms with van der Waals surface area (Å²) in [6.45, 7) is 0.657. The van der Waals surface area contributed by atoms with Crippen LogP contribution in [0.3, 0.4) is 0 Å². The van der Waals surface area contributed by atoms with Gasteiger partial charge < -0.3 is 10.6 Å². The number of benzene rings is 1. The van der Waals surface area contributed by atoms with Gasteiger partial charge in [-0.3, -0.25) is 4.79 Å². The van der Waals surface area contributed by atoms with Crippen molar-refractivity contribution < 1.29 is 13.2 Å². The van der Waals surface area contributed by atoms with E-state index >= 15 is 0 Å². The number of amides is 1. The van der Waals surface area contributed by atoms with Crippen molar-refractivity contribution in [2.24, 2.45) is 5.14 Å². The van der Waals surface area contributed by atoms with E-state index in [1.165, 1.54) is 12.1 Å². The average Bonchev–Trinajstić information content (AvgIpc) is 3.39. The number of pyridine rings is 1. The third-order valence-electron chi connectivity index (χ3n) is 3.90. The summed E-state index contributed by atoms with van der Waals surface area (Å²) < 4.78 is 22.4. The summed E-state index contributed by atoms with van der Waals surface area (Å²) in [5.74, 6) is -0.135. The van der Waals surface area contributed by atoms with Crippen molar-refractivity contribution in [1.82, 2.24) is 10.3 Å². The van der Waals surface area contributed by atoms with Crippen LogP contribution in [0.5, 0.6) is 0 Å². The molecular formula is C17H20N4O3S. The number of nitrogens with one attached hydrogen (secondary N) is 2. The predicted octanol–water partition coefficient (Wildman–Crippen LogP) is 1.28. The molecule has 1 aromatic heterocycles.